The molecule has 1 atom stereocenters. The standard InChI is InChI=1S/C19H22N2O.ClH/c22-13-19(21-9-7-20-8-10-21)15-5-6-18-16(12-15)11-14-3-1-2-4-17(14)18;/h1-6,12,19-20,22H,7-11,13H2;1H/t19-;/m0./s1. The molecule has 0 saturated carbocycles. The number of nitrogens with one attached hydrogen (secondary N) is 1. The minimum atomic E-state index is 0. The van der Waals surface area contributed by atoms with E-state index in [4.69, 9.17) is 0 Å². The number of nitrogens with zero attached hydrogens (tertiary/aromatic N) is 1. The predicted octanol–water partition coefficient (Wildman–Crippen LogP) is 2.62. The predicted molar refractivity (Wildman–Crippen MR) is 96.2 cm³/mol. The molecule has 2 aromatic rings. The molecule has 0 bridgehead atoms. The van der Waals surface area contributed by atoms with Gasteiger partial charge >= 0.3 is 0 Å². The van der Waals surface area contributed by atoms with E-state index in [-0.39, 0.29) is 25.1 Å². The first-order chi connectivity index (χ1) is 10.9. The molecule has 1 aliphatic heterocycles. The molecule has 2 aliphatic rings. The lowest BCUT2D eigenvalue weighted by atomic mass is 9.98. The van der Waals surface area contributed by atoms with Crippen LogP contribution in [0.3, 0.4) is 0 Å². The van der Waals surface area contributed by atoms with Crippen molar-refractivity contribution < 1.29 is 5.11 Å². The summed E-state index contributed by atoms with van der Waals surface area (Å²) in [5, 5.41) is 13.3. The van der Waals surface area contributed by atoms with Crippen LogP contribution < -0.4 is 5.32 Å². The minimum absolute atomic E-state index is 0. The number of aliphatic hydroxyl groups is 1. The zero-order valence-electron chi connectivity index (χ0n) is 13.2. The van der Waals surface area contributed by atoms with Crippen molar-refractivity contribution in [2.45, 2.75) is 12.5 Å². The van der Waals surface area contributed by atoms with Gasteiger partial charge in [-0.1, -0.05) is 42.5 Å². The smallest absolute Gasteiger partial charge is 0.0628 e. The molecule has 0 radical (unpaired) electrons. The van der Waals surface area contributed by atoms with Crippen LogP contribution in [0.15, 0.2) is 42.5 Å². The SMILES string of the molecule is Cl.OC[C@@H](c1ccc2c(c1)Cc1ccccc1-2)N1CCNCC1. The molecule has 0 unspecified atom stereocenters. The first-order valence-corrected chi connectivity index (χ1v) is 8.13. The van der Waals surface area contributed by atoms with E-state index >= 15 is 0 Å². The van der Waals surface area contributed by atoms with Gasteiger partial charge in [-0.3, -0.25) is 4.90 Å². The van der Waals surface area contributed by atoms with Crippen LogP contribution in [0.25, 0.3) is 11.1 Å². The fourth-order valence-electron chi connectivity index (χ4n) is 3.80. The maximum absolute atomic E-state index is 9.89. The fourth-order valence-corrected chi connectivity index (χ4v) is 3.80. The summed E-state index contributed by atoms with van der Waals surface area (Å²) in [6.45, 7) is 4.20. The van der Waals surface area contributed by atoms with Crippen molar-refractivity contribution in [3.8, 4) is 11.1 Å². The zero-order valence-corrected chi connectivity index (χ0v) is 14.0. The molecule has 4 rings (SSSR count). The first-order valence-electron chi connectivity index (χ1n) is 8.13. The average Bonchev–Trinajstić information content (AvgIpc) is 2.94. The van der Waals surface area contributed by atoms with Gasteiger partial charge in [-0.25, -0.2) is 0 Å². The molecule has 2 N–H and O–H groups in total. The Morgan fingerprint density at radius 2 is 1.74 bits per heavy atom. The zero-order chi connectivity index (χ0) is 14.9. The number of halogens is 1. The molecular weight excluding hydrogens is 308 g/mol. The van der Waals surface area contributed by atoms with E-state index in [1.807, 2.05) is 0 Å². The lowest BCUT2D eigenvalue weighted by Gasteiger charge is -2.34. The first kappa shape index (κ1) is 16.5. The van der Waals surface area contributed by atoms with E-state index in [0.29, 0.717) is 0 Å². The topological polar surface area (TPSA) is 35.5 Å². The van der Waals surface area contributed by atoms with Crippen LogP contribution in [0.1, 0.15) is 22.7 Å². The van der Waals surface area contributed by atoms with Gasteiger partial charge in [0.2, 0.25) is 0 Å². The van der Waals surface area contributed by atoms with E-state index in [9.17, 15) is 5.11 Å². The Morgan fingerprint density at radius 1 is 1.00 bits per heavy atom. The normalized spacial score (nSPS) is 18.0. The summed E-state index contributed by atoms with van der Waals surface area (Å²) < 4.78 is 0. The Morgan fingerprint density at radius 3 is 2.52 bits per heavy atom. The van der Waals surface area contributed by atoms with Crippen LogP contribution >= 0.6 is 12.4 Å². The molecule has 1 saturated heterocycles. The molecule has 1 heterocycles. The lowest BCUT2D eigenvalue weighted by molar-refractivity contribution is 0.111. The second-order valence-electron chi connectivity index (χ2n) is 6.23. The maximum Gasteiger partial charge on any atom is 0.0628 e. The van der Waals surface area contributed by atoms with Gasteiger partial charge < -0.3 is 10.4 Å². The quantitative estimate of drug-likeness (QED) is 0.775. The molecule has 4 heteroatoms. The summed E-state index contributed by atoms with van der Waals surface area (Å²) in [4.78, 5) is 2.39. The Labute approximate surface area is 143 Å². The third-order valence-corrected chi connectivity index (χ3v) is 4.97. The van der Waals surface area contributed by atoms with Crippen molar-refractivity contribution in [1.82, 2.24) is 10.2 Å². The second kappa shape index (κ2) is 7.02. The minimum Gasteiger partial charge on any atom is -0.394 e. The van der Waals surface area contributed by atoms with Gasteiger partial charge in [-0.05, 0) is 34.2 Å². The Hall–Kier alpha value is -1.39. The van der Waals surface area contributed by atoms with Crippen LogP contribution in [-0.4, -0.2) is 42.8 Å². The summed E-state index contributed by atoms with van der Waals surface area (Å²) in [6.07, 6.45) is 1.01. The van der Waals surface area contributed by atoms with Crippen LogP contribution in [0.5, 0.6) is 0 Å². The second-order valence-corrected chi connectivity index (χ2v) is 6.23. The maximum atomic E-state index is 9.89. The summed E-state index contributed by atoms with van der Waals surface area (Å²) in [7, 11) is 0. The van der Waals surface area contributed by atoms with E-state index in [0.717, 1.165) is 32.6 Å². The van der Waals surface area contributed by atoms with Crippen molar-refractivity contribution in [2.75, 3.05) is 32.8 Å². The third kappa shape index (κ3) is 3.02. The number of fused-ring (bicyclic) bond motifs is 3. The molecule has 23 heavy (non-hydrogen) atoms. The summed E-state index contributed by atoms with van der Waals surface area (Å²) in [5.74, 6) is 0. The number of benzene rings is 2. The van der Waals surface area contributed by atoms with Gasteiger partial charge in [0.05, 0.1) is 12.6 Å². The van der Waals surface area contributed by atoms with Crippen LogP contribution in [0, 0.1) is 0 Å². The van der Waals surface area contributed by atoms with Gasteiger partial charge in [-0.15, -0.1) is 12.4 Å². The third-order valence-electron chi connectivity index (χ3n) is 4.97. The van der Waals surface area contributed by atoms with Crippen molar-refractivity contribution >= 4 is 12.4 Å². The number of rotatable bonds is 3. The Kier molecular flexibility index (Phi) is 5.02. The molecule has 0 aromatic heterocycles. The number of hydrogen-bond donors (Lipinski definition) is 2. The largest absolute Gasteiger partial charge is 0.394 e. The average molecular weight is 331 g/mol. The van der Waals surface area contributed by atoms with Crippen molar-refractivity contribution in [3.05, 3.63) is 59.2 Å². The highest BCUT2D eigenvalue weighted by atomic mass is 35.5. The summed E-state index contributed by atoms with van der Waals surface area (Å²) in [6, 6.07) is 15.5. The summed E-state index contributed by atoms with van der Waals surface area (Å²) >= 11 is 0. The van der Waals surface area contributed by atoms with E-state index in [2.05, 4.69) is 52.7 Å². The summed E-state index contributed by atoms with van der Waals surface area (Å²) in [5.41, 5.74) is 6.78. The lowest BCUT2D eigenvalue weighted by Crippen LogP contribution is -2.46. The van der Waals surface area contributed by atoms with Crippen LogP contribution in [-0.2, 0) is 6.42 Å². The van der Waals surface area contributed by atoms with Gasteiger partial charge in [0.15, 0.2) is 0 Å². The van der Waals surface area contributed by atoms with Crippen LogP contribution in [0.2, 0.25) is 0 Å². The van der Waals surface area contributed by atoms with Gasteiger partial charge in [0, 0.05) is 26.2 Å². The molecule has 0 spiro atoms. The molecule has 1 fully saturated rings. The van der Waals surface area contributed by atoms with Gasteiger partial charge in [0.1, 0.15) is 0 Å². The van der Waals surface area contributed by atoms with E-state index in [1.165, 1.54) is 27.8 Å². The van der Waals surface area contributed by atoms with Crippen LogP contribution in [0.4, 0.5) is 0 Å². The monoisotopic (exact) mass is 330 g/mol. The molecule has 0 amide bonds. The molecular formula is C19H23ClN2O. The molecule has 122 valence electrons. The van der Waals surface area contributed by atoms with Crippen molar-refractivity contribution in [2.24, 2.45) is 0 Å². The molecule has 1 aliphatic carbocycles. The highest BCUT2D eigenvalue weighted by Gasteiger charge is 2.24. The van der Waals surface area contributed by atoms with E-state index in [1.54, 1.807) is 0 Å². The fraction of sp³-hybridized carbons (Fsp3) is 0.368. The Balaban J connectivity index is 0.00000156. The Bertz CT molecular complexity index is 683. The number of piperazine rings is 1. The molecule has 3 nitrogen and oxygen atoms in total. The number of aliphatic hydroxyl groups excluding tert-OH is 1. The van der Waals surface area contributed by atoms with Crippen molar-refractivity contribution in [1.29, 1.82) is 0 Å². The van der Waals surface area contributed by atoms with Gasteiger partial charge in [0.25, 0.3) is 0 Å². The highest BCUT2D eigenvalue weighted by molar-refractivity contribution is 5.85. The van der Waals surface area contributed by atoms with Gasteiger partial charge in [-0.2, -0.15) is 0 Å². The molecule has 2 aromatic carbocycles. The van der Waals surface area contributed by atoms with Crippen molar-refractivity contribution in [3.63, 3.8) is 0 Å². The highest BCUT2D eigenvalue weighted by Crippen LogP contribution is 2.38. The van der Waals surface area contributed by atoms with E-state index < -0.39 is 0 Å². The number of hydrogen-bond acceptors (Lipinski definition) is 3.